The van der Waals surface area contributed by atoms with Crippen molar-refractivity contribution in [2.24, 2.45) is 11.8 Å². The Hall–Kier alpha value is -1.73. The highest BCUT2D eigenvalue weighted by Gasteiger charge is 2.35. The molecule has 0 radical (unpaired) electrons. The molecular weight excluding hydrogens is 320 g/mol. The van der Waals surface area contributed by atoms with E-state index in [2.05, 4.69) is 12.2 Å². The van der Waals surface area contributed by atoms with E-state index < -0.39 is 6.11 Å². The van der Waals surface area contributed by atoms with E-state index in [1.807, 2.05) is 13.0 Å². The molecule has 0 unspecified atom stereocenters. The van der Waals surface area contributed by atoms with Crippen molar-refractivity contribution in [2.45, 2.75) is 64.6 Å². The molecule has 2 nitrogen and oxygen atoms in total. The second kappa shape index (κ2) is 9.68. The molecule has 1 aliphatic rings. The van der Waals surface area contributed by atoms with Gasteiger partial charge in [0.05, 0.1) is 18.2 Å². The van der Waals surface area contributed by atoms with Gasteiger partial charge in [-0.2, -0.15) is 14.0 Å². The van der Waals surface area contributed by atoms with E-state index in [-0.39, 0.29) is 18.9 Å². The lowest BCUT2D eigenvalue weighted by Crippen LogP contribution is -2.27. The Bertz CT molecular complexity index is 581. The first-order chi connectivity index (χ1) is 12.0. The third-order valence-corrected chi connectivity index (χ3v) is 5.00. The van der Waals surface area contributed by atoms with Gasteiger partial charge in [0.25, 0.3) is 0 Å². The zero-order chi connectivity index (χ0) is 18.1. The van der Waals surface area contributed by atoms with Crippen LogP contribution in [-0.4, -0.2) is 6.11 Å². The van der Waals surface area contributed by atoms with Gasteiger partial charge < -0.3 is 4.74 Å². The van der Waals surface area contributed by atoms with Gasteiger partial charge in [0, 0.05) is 6.42 Å². The highest BCUT2D eigenvalue weighted by molar-refractivity contribution is 5.31. The topological polar surface area (TPSA) is 33.0 Å². The molecule has 0 atom stereocenters. The summed E-state index contributed by atoms with van der Waals surface area (Å²) in [7, 11) is 0. The van der Waals surface area contributed by atoms with Crippen LogP contribution in [0, 0.1) is 23.2 Å². The van der Waals surface area contributed by atoms with Gasteiger partial charge in [0.2, 0.25) is 0 Å². The summed E-state index contributed by atoms with van der Waals surface area (Å²) in [5, 5.41) is 8.74. The van der Waals surface area contributed by atoms with E-state index in [0.29, 0.717) is 17.0 Å². The molecule has 136 valence electrons. The van der Waals surface area contributed by atoms with Crippen molar-refractivity contribution in [2.75, 3.05) is 0 Å². The molecule has 0 heterocycles. The van der Waals surface area contributed by atoms with Crippen LogP contribution in [0.3, 0.4) is 0 Å². The molecule has 0 amide bonds. The van der Waals surface area contributed by atoms with Gasteiger partial charge in [-0.3, -0.25) is 0 Å². The molecule has 0 saturated heterocycles. The fourth-order valence-corrected chi connectivity index (χ4v) is 3.48. The number of ether oxygens (including phenoxy) is 1. The molecule has 0 spiro atoms. The van der Waals surface area contributed by atoms with E-state index in [0.717, 1.165) is 32.1 Å². The molecule has 1 aromatic rings. The Labute approximate surface area is 149 Å². The molecular formula is C21H27F2NO. The molecule has 1 aliphatic carbocycles. The number of benzene rings is 1. The smallest absolute Gasteiger partial charge is 0.316 e. The third-order valence-electron chi connectivity index (χ3n) is 5.00. The van der Waals surface area contributed by atoms with Crippen LogP contribution in [0.25, 0.3) is 0 Å². The van der Waals surface area contributed by atoms with Crippen molar-refractivity contribution in [3.8, 4) is 6.07 Å². The number of rotatable bonds is 8. The van der Waals surface area contributed by atoms with E-state index in [1.165, 1.54) is 6.42 Å². The first-order valence-corrected chi connectivity index (χ1v) is 9.14. The third kappa shape index (κ3) is 6.96. The number of nitrogens with zero attached hydrogens (tertiary/aromatic N) is 1. The number of hydrogen-bond donors (Lipinski definition) is 0. The second-order valence-corrected chi connectivity index (χ2v) is 6.97. The molecule has 0 N–H and O–H groups in total. The van der Waals surface area contributed by atoms with Crippen LogP contribution in [0.2, 0.25) is 0 Å². The summed E-state index contributed by atoms with van der Waals surface area (Å²) in [5.74, 6) is 0.731. The lowest BCUT2D eigenvalue weighted by atomic mass is 9.78. The Morgan fingerprint density at radius 3 is 2.40 bits per heavy atom. The molecule has 1 fully saturated rings. The zero-order valence-corrected chi connectivity index (χ0v) is 14.9. The van der Waals surface area contributed by atoms with E-state index in [9.17, 15) is 8.78 Å². The number of allylic oxidation sites excluding steroid dienone is 2. The van der Waals surface area contributed by atoms with Crippen LogP contribution in [0.15, 0.2) is 36.4 Å². The molecule has 1 aromatic carbocycles. The Kier molecular flexibility index (Phi) is 7.58. The van der Waals surface area contributed by atoms with Crippen molar-refractivity contribution >= 4 is 0 Å². The Balaban J connectivity index is 1.72. The van der Waals surface area contributed by atoms with E-state index in [4.69, 9.17) is 10.00 Å². The average Bonchev–Trinajstić information content (AvgIpc) is 2.62. The highest BCUT2D eigenvalue weighted by atomic mass is 19.3. The fourth-order valence-electron chi connectivity index (χ4n) is 3.48. The van der Waals surface area contributed by atoms with Crippen LogP contribution in [0.5, 0.6) is 0 Å². The summed E-state index contributed by atoms with van der Waals surface area (Å²) in [6.07, 6.45) is 7.07. The number of alkyl halides is 2. The lowest BCUT2D eigenvalue weighted by Gasteiger charge is -2.30. The normalized spacial score (nSPS) is 21.4. The molecule has 1 saturated carbocycles. The van der Waals surface area contributed by atoms with Gasteiger partial charge in [0.15, 0.2) is 0 Å². The van der Waals surface area contributed by atoms with Crippen molar-refractivity contribution in [1.82, 2.24) is 0 Å². The molecule has 25 heavy (non-hydrogen) atoms. The summed E-state index contributed by atoms with van der Waals surface area (Å²) < 4.78 is 33.1. The van der Waals surface area contributed by atoms with Crippen molar-refractivity contribution in [1.29, 1.82) is 5.26 Å². The van der Waals surface area contributed by atoms with Crippen LogP contribution in [0.4, 0.5) is 8.78 Å². The minimum absolute atomic E-state index is 0.0499. The van der Waals surface area contributed by atoms with E-state index >= 15 is 0 Å². The fraction of sp³-hybridized carbons (Fsp3) is 0.571. The number of nitriles is 1. The second-order valence-electron chi connectivity index (χ2n) is 6.97. The first kappa shape index (κ1) is 19.6. The average molecular weight is 347 g/mol. The number of hydrogen-bond acceptors (Lipinski definition) is 2. The van der Waals surface area contributed by atoms with Gasteiger partial charge in [-0.1, -0.05) is 37.1 Å². The van der Waals surface area contributed by atoms with Crippen molar-refractivity contribution < 1.29 is 13.5 Å². The molecule has 4 heteroatoms. The van der Waals surface area contributed by atoms with Gasteiger partial charge >= 0.3 is 6.11 Å². The van der Waals surface area contributed by atoms with Crippen LogP contribution >= 0.6 is 0 Å². The number of halogens is 2. The SMILES string of the molecule is CC=CCCC1CCC(CC(F)(F)OCc2ccc(C#N)cc2)CC1. The summed E-state index contributed by atoms with van der Waals surface area (Å²) in [6.45, 7) is 1.90. The summed E-state index contributed by atoms with van der Waals surface area (Å²) in [6, 6.07) is 8.56. The maximum atomic E-state index is 14.1. The Morgan fingerprint density at radius 2 is 1.80 bits per heavy atom. The monoisotopic (exact) mass is 347 g/mol. The van der Waals surface area contributed by atoms with E-state index in [1.54, 1.807) is 24.3 Å². The summed E-state index contributed by atoms with van der Waals surface area (Å²) in [4.78, 5) is 0. The van der Waals surface area contributed by atoms with Gasteiger partial charge in [-0.15, -0.1) is 0 Å². The van der Waals surface area contributed by atoms with Crippen molar-refractivity contribution in [3.63, 3.8) is 0 Å². The molecule has 2 rings (SSSR count). The van der Waals surface area contributed by atoms with Crippen molar-refractivity contribution in [3.05, 3.63) is 47.5 Å². The zero-order valence-electron chi connectivity index (χ0n) is 14.9. The molecule has 0 bridgehead atoms. The maximum absolute atomic E-state index is 14.1. The highest BCUT2D eigenvalue weighted by Crippen LogP contribution is 2.38. The predicted molar refractivity (Wildman–Crippen MR) is 95.0 cm³/mol. The van der Waals surface area contributed by atoms with Gasteiger partial charge in [0.1, 0.15) is 0 Å². The maximum Gasteiger partial charge on any atom is 0.356 e. The largest absolute Gasteiger partial charge is 0.356 e. The minimum atomic E-state index is -3.09. The summed E-state index contributed by atoms with van der Waals surface area (Å²) >= 11 is 0. The standard InChI is InChI=1S/C21H27F2NO/c1-2-3-4-5-17-6-8-18(9-7-17)14-21(22,23)25-16-20-12-10-19(15-24)11-13-20/h2-3,10-13,17-18H,4-9,14,16H2,1H3. The minimum Gasteiger partial charge on any atom is -0.316 e. The van der Waals surface area contributed by atoms with Crippen LogP contribution in [0.1, 0.15) is 63.0 Å². The lowest BCUT2D eigenvalue weighted by molar-refractivity contribution is -0.256. The first-order valence-electron chi connectivity index (χ1n) is 9.14. The van der Waals surface area contributed by atoms with Gasteiger partial charge in [-0.05, 0) is 62.1 Å². The molecule has 0 aliphatic heterocycles. The Morgan fingerprint density at radius 1 is 1.16 bits per heavy atom. The van der Waals surface area contributed by atoms with Crippen LogP contribution in [-0.2, 0) is 11.3 Å². The van der Waals surface area contributed by atoms with Crippen LogP contribution < -0.4 is 0 Å². The predicted octanol–water partition coefficient (Wildman–Crippen LogP) is 6.22. The van der Waals surface area contributed by atoms with Gasteiger partial charge in [-0.25, -0.2) is 0 Å². The molecule has 0 aromatic heterocycles. The quantitative estimate of drug-likeness (QED) is 0.523. The summed E-state index contributed by atoms with van der Waals surface area (Å²) in [5.41, 5.74) is 1.17.